The van der Waals surface area contributed by atoms with Gasteiger partial charge in [0, 0.05) is 6.07 Å². The van der Waals surface area contributed by atoms with Crippen molar-refractivity contribution in [2.75, 3.05) is 12.4 Å². The summed E-state index contributed by atoms with van der Waals surface area (Å²) in [5, 5.41) is 2.50. The lowest BCUT2D eigenvalue weighted by molar-refractivity contribution is 0.0635. The van der Waals surface area contributed by atoms with Crippen LogP contribution >= 0.6 is 15.9 Å². The van der Waals surface area contributed by atoms with E-state index in [0.717, 1.165) is 0 Å². The molecule has 0 bridgehead atoms. The van der Waals surface area contributed by atoms with E-state index in [-0.39, 0.29) is 10.2 Å². The van der Waals surface area contributed by atoms with Gasteiger partial charge in [-0.3, -0.25) is 5.32 Å². The van der Waals surface area contributed by atoms with Crippen LogP contribution in [0.2, 0.25) is 0 Å². The Balaban J connectivity index is 2.90. The number of amides is 1. The zero-order valence-electron chi connectivity index (χ0n) is 10.6. The van der Waals surface area contributed by atoms with Crippen LogP contribution in [0, 0.1) is 5.82 Å². The number of carbonyl (C=O) groups excluding carboxylic acids is 1. The van der Waals surface area contributed by atoms with Crippen molar-refractivity contribution >= 4 is 27.7 Å². The maximum Gasteiger partial charge on any atom is 0.412 e. The van der Waals surface area contributed by atoms with Crippen molar-refractivity contribution in [1.29, 1.82) is 0 Å². The molecule has 0 saturated carbocycles. The van der Waals surface area contributed by atoms with Crippen molar-refractivity contribution in [3.05, 3.63) is 22.4 Å². The molecule has 1 aromatic rings. The van der Waals surface area contributed by atoms with Crippen LogP contribution in [0.25, 0.3) is 0 Å². The largest absolute Gasteiger partial charge is 0.494 e. The predicted molar refractivity (Wildman–Crippen MR) is 70.5 cm³/mol. The van der Waals surface area contributed by atoms with Crippen molar-refractivity contribution in [1.82, 2.24) is 0 Å². The van der Waals surface area contributed by atoms with Crippen LogP contribution in [0.3, 0.4) is 0 Å². The number of halogens is 2. The molecule has 0 aliphatic rings. The van der Waals surface area contributed by atoms with Gasteiger partial charge in [0.05, 0.1) is 17.3 Å². The topological polar surface area (TPSA) is 47.6 Å². The van der Waals surface area contributed by atoms with Gasteiger partial charge < -0.3 is 9.47 Å². The molecule has 1 N–H and O–H groups in total. The number of benzene rings is 1. The van der Waals surface area contributed by atoms with Crippen molar-refractivity contribution in [2.45, 2.75) is 26.4 Å². The molecular formula is C12H15BrFNO3. The monoisotopic (exact) mass is 319 g/mol. The highest BCUT2D eigenvalue weighted by atomic mass is 79.9. The third-order valence-electron chi connectivity index (χ3n) is 1.88. The highest BCUT2D eigenvalue weighted by Crippen LogP contribution is 2.30. The zero-order valence-corrected chi connectivity index (χ0v) is 12.2. The maximum atomic E-state index is 13.3. The van der Waals surface area contributed by atoms with E-state index in [1.165, 1.54) is 19.2 Å². The first kappa shape index (κ1) is 14.8. The molecule has 6 heteroatoms. The summed E-state index contributed by atoms with van der Waals surface area (Å²) in [4.78, 5) is 11.6. The lowest BCUT2D eigenvalue weighted by Gasteiger charge is -2.20. The van der Waals surface area contributed by atoms with Crippen molar-refractivity contribution < 1.29 is 18.7 Å². The summed E-state index contributed by atoms with van der Waals surface area (Å²) in [6.45, 7) is 5.26. The van der Waals surface area contributed by atoms with Gasteiger partial charge in [0.1, 0.15) is 17.2 Å². The smallest absolute Gasteiger partial charge is 0.412 e. The Hall–Kier alpha value is -1.30. The first-order valence-electron chi connectivity index (χ1n) is 5.26. The average Bonchev–Trinajstić information content (AvgIpc) is 2.20. The second-order valence-corrected chi connectivity index (χ2v) is 5.45. The van der Waals surface area contributed by atoms with E-state index in [1.807, 2.05) is 0 Å². The van der Waals surface area contributed by atoms with Gasteiger partial charge in [0.15, 0.2) is 0 Å². The van der Waals surface area contributed by atoms with Crippen molar-refractivity contribution in [3.8, 4) is 5.75 Å². The quantitative estimate of drug-likeness (QED) is 0.898. The molecule has 100 valence electrons. The average molecular weight is 320 g/mol. The van der Waals surface area contributed by atoms with Gasteiger partial charge in [0.2, 0.25) is 0 Å². The molecular weight excluding hydrogens is 305 g/mol. The first-order chi connectivity index (χ1) is 8.23. The molecule has 0 saturated heterocycles. The molecule has 0 atom stereocenters. The minimum Gasteiger partial charge on any atom is -0.494 e. The molecule has 0 heterocycles. The normalized spacial score (nSPS) is 11.0. The van der Waals surface area contributed by atoms with Crippen LogP contribution in [0.15, 0.2) is 16.6 Å². The van der Waals surface area contributed by atoms with E-state index in [1.54, 1.807) is 20.8 Å². The summed E-state index contributed by atoms with van der Waals surface area (Å²) in [5.41, 5.74) is -0.269. The summed E-state index contributed by atoms with van der Waals surface area (Å²) in [6.07, 6.45) is -0.626. The molecule has 1 rings (SSSR count). The number of methoxy groups -OCH3 is 1. The number of nitrogens with one attached hydrogen (secondary N) is 1. The number of carbonyl (C=O) groups is 1. The van der Waals surface area contributed by atoms with E-state index < -0.39 is 17.5 Å². The van der Waals surface area contributed by atoms with Gasteiger partial charge in [-0.25, -0.2) is 9.18 Å². The Kier molecular flexibility index (Phi) is 4.56. The zero-order chi connectivity index (χ0) is 13.9. The Morgan fingerprint density at radius 2 is 2.00 bits per heavy atom. The fourth-order valence-electron chi connectivity index (χ4n) is 1.21. The lowest BCUT2D eigenvalue weighted by Crippen LogP contribution is -2.27. The van der Waals surface area contributed by atoms with Crippen molar-refractivity contribution in [3.63, 3.8) is 0 Å². The number of ether oxygens (including phenoxy) is 2. The summed E-state index contributed by atoms with van der Waals surface area (Å²) in [7, 11) is 1.39. The molecule has 1 aromatic carbocycles. The fourth-order valence-corrected chi connectivity index (χ4v) is 1.55. The van der Waals surface area contributed by atoms with Crippen LogP contribution < -0.4 is 10.1 Å². The summed E-state index contributed by atoms with van der Waals surface area (Å²) >= 11 is 3.04. The van der Waals surface area contributed by atoms with E-state index in [4.69, 9.17) is 9.47 Å². The third kappa shape index (κ3) is 4.18. The van der Waals surface area contributed by atoms with Gasteiger partial charge in [-0.2, -0.15) is 0 Å². The second-order valence-electron chi connectivity index (χ2n) is 4.59. The molecule has 0 aromatic heterocycles. The highest BCUT2D eigenvalue weighted by molar-refractivity contribution is 9.10. The molecule has 4 nitrogen and oxygen atoms in total. The second kappa shape index (κ2) is 5.56. The maximum absolute atomic E-state index is 13.3. The molecule has 1 amide bonds. The highest BCUT2D eigenvalue weighted by Gasteiger charge is 2.18. The van der Waals surface area contributed by atoms with E-state index in [2.05, 4.69) is 21.2 Å². The SMILES string of the molecule is COc1cc(F)c(Br)cc1NC(=O)OC(C)(C)C. The Morgan fingerprint density at radius 1 is 1.39 bits per heavy atom. The van der Waals surface area contributed by atoms with Gasteiger partial charge in [-0.15, -0.1) is 0 Å². The van der Waals surface area contributed by atoms with Gasteiger partial charge in [-0.1, -0.05) is 0 Å². The van der Waals surface area contributed by atoms with E-state index in [0.29, 0.717) is 5.69 Å². The molecule has 18 heavy (non-hydrogen) atoms. The van der Waals surface area contributed by atoms with Gasteiger partial charge in [-0.05, 0) is 42.8 Å². The predicted octanol–water partition coefficient (Wildman–Crippen LogP) is 3.94. The molecule has 0 spiro atoms. The van der Waals surface area contributed by atoms with Gasteiger partial charge >= 0.3 is 6.09 Å². The molecule has 0 aliphatic heterocycles. The standard InChI is InChI=1S/C12H15BrFNO3/c1-12(2,3)18-11(16)15-9-5-7(13)8(14)6-10(9)17-4/h5-6H,1-4H3,(H,15,16). The van der Waals surface area contributed by atoms with Crippen LogP contribution in [0.5, 0.6) is 5.75 Å². The number of hydrogen-bond donors (Lipinski definition) is 1. The van der Waals surface area contributed by atoms with Gasteiger partial charge in [0.25, 0.3) is 0 Å². The fraction of sp³-hybridized carbons (Fsp3) is 0.417. The number of rotatable bonds is 2. The molecule has 0 aliphatic carbocycles. The molecule has 0 unspecified atom stereocenters. The Bertz CT molecular complexity index is 457. The van der Waals surface area contributed by atoms with Crippen LogP contribution in [0.1, 0.15) is 20.8 Å². The minimum absolute atomic E-state index is 0.224. The van der Waals surface area contributed by atoms with E-state index in [9.17, 15) is 9.18 Å². The minimum atomic E-state index is -0.626. The third-order valence-corrected chi connectivity index (χ3v) is 2.49. The summed E-state index contributed by atoms with van der Waals surface area (Å²) in [6, 6.07) is 2.59. The Morgan fingerprint density at radius 3 is 2.50 bits per heavy atom. The summed E-state index contributed by atoms with van der Waals surface area (Å²) < 4.78 is 23.6. The summed E-state index contributed by atoms with van der Waals surface area (Å²) in [5.74, 6) is -0.247. The van der Waals surface area contributed by atoms with E-state index >= 15 is 0 Å². The van der Waals surface area contributed by atoms with Crippen LogP contribution in [-0.2, 0) is 4.74 Å². The molecule has 0 fully saturated rings. The Labute approximate surface area is 114 Å². The van der Waals surface area contributed by atoms with Crippen molar-refractivity contribution in [2.24, 2.45) is 0 Å². The first-order valence-corrected chi connectivity index (χ1v) is 6.05. The van der Waals surface area contributed by atoms with Crippen LogP contribution in [0.4, 0.5) is 14.9 Å². The number of anilines is 1. The lowest BCUT2D eigenvalue weighted by atomic mass is 10.2. The van der Waals surface area contributed by atoms with Crippen LogP contribution in [-0.4, -0.2) is 18.8 Å². The molecule has 0 radical (unpaired) electrons. The number of hydrogen-bond acceptors (Lipinski definition) is 3.